The summed E-state index contributed by atoms with van der Waals surface area (Å²) in [6.45, 7) is 4.71. The predicted octanol–water partition coefficient (Wildman–Crippen LogP) is 3.73. The molecule has 0 radical (unpaired) electrons. The maximum atomic E-state index is 12.2. The summed E-state index contributed by atoms with van der Waals surface area (Å²) in [6.07, 6.45) is 3.48. The molecular formula is C20H27Cl2N3O3. The second-order valence-corrected chi connectivity index (χ2v) is 6.27. The van der Waals surface area contributed by atoms with Crippen LogP contribution < -0.4 is 20.1 Å². The quantitative estimate of drug-likeness (QED) is 0.671. The van der Waals surface area contributed by atoms with E-state index in [0.717, 1.165) is 31.5 Å². The minimum absolute atomic E-state index is 0. The average molecular weight is 428 g/mol. The van der Waals surface area contributed by atoms with E-state index >= 15 is 0 Å². The summed E-state index contributed by atoms with van der Waals surface area (Å²) in [6, 6.07) is 11.3. The number of nitrogens with one attached hydrogen (secondary N) is 2. The van der Waals surface area contributed by atoms with Crippen LogP contribution in [0.5, 0.6) is 17.4 Å². The second kappa shape index (κ2) is 12.4. The normalized spacial score (nSPS) is 15.1. The Kier molecular flexibility index (Phi) is 10.7. The summed E-state index contributed by atoms with van der Waals surface area (Å²) in [5.41, 5.74) is 0.831. The van der Waals surface area contributed by atoms with Crippen molar-refractivity contribution in [2.45, 2.75) is 26.3 Å². The van der Waals surface area contributed by atoms with Crippen LogP contribution in [0.3, 0.4) is 0 Å². The Hall–Kier alpha value is -2.02. The van der Waals surface area contributed by atoms with Crippen LogP contribution >= 0.6 is 24.8 Å². The van der Waals surface area contributed by atoms with Gasteiger partial charge in [-0.3, -0.25) is 4.79 Å². The van der Waals surface area contributed by atoms with Crippen LogP contribution in [0.1, 0.15) is 25.3 Å². The highest BCUT2D eigenvalue weighted by atomic mass is 35.5. The van der Waals surface area contributed by atoms with Crippen LogP contribution in [-0.4, -0.2) is 30.6 Å². The molecule has 1 aliphatic heterocycles. The zero-order valence-corrected chi connectivity index (χ0v) is 17.5. The van der Waals surface area contributed by atoms with Gasteiger partial charge in [-0.1, -0.05) is 25.1 Å². The Labute approximate surface area is 178 Å². The van der Waals surface area contributed by atoms with E-state index < -0.39 is 0 Å². The number of halogens is 2. The fourth-order valence-corrected chi connectivity index (χ4v) is 2.83. The molecule has 1 atom stereocenters. The van der Waals surface area contributed by atoms with Gasteiger partial charge in [0, 0.05) is 24.8 Å². The van der Waals surface area contributed by atoms with Crippen molar-refractivity contribution in [3.8, 4) is 17.4 Å². The number of ether oxygens (including phenoxy) is 2. The van der Waals surface area contributed by atoms with Crippen LogP contribution in [-0.2, 0) is 11.3 Å². The number of carbonyl (C=O) groups excluding carboxylic acids is 1. The third-order valence-electron chi connectivity index (χ3n) is 4.25. The molecule has 1 saturated heterocycles. The molecule has 1 fully saturated rings. The maximum absolute atomic E-state index is 12.2. The van der Waals surface area contributed by atoms with Crippen LogP contribution in [0.25, 0.3) is 0 Å². The Morgan fingerprint density at radius 1 is 1.21 bits per heavy atom. The maximum Gasteiger partial charge on any atom is 0.224 e. The van der Waals surface area contributed by atoms with E-state index in [1.807, 2.05) is 36.4 Å². The molecule has 2 heterocycles. The van der Waals surface area contributed by atoms with Gasteiger partial charge in [-0.05, 0) is 37.6 Å². The Morgan fingerprint density at radius 3 is 2.71 bits per heavy atom. The van der Waals surface area contributed by atoms with E-state index in [2.05, 4.69) is 22.5 Å². The van der Waals surface area contributed by atoms with Gasteiger partial charge in [0.05, 0.1) is 12.5 Å². The lowest BCUT2D eigenvalue weighted by atomic mass is 10.1. The third-order valence-corrected chi connectivity index (χ3v) is 4.25. The molecule has 8 heteroatoms. The van der Waals surface area contributed by atoms with Gasteiger partial charge in [-0.15, -0.1) is 24.8 Å². The first kappa shape index (κ1) is 24.0. The lowest BCUT2D eigenvalue weighted by Gasteiger charge is -2.15. The first-order chi connectivity index (χ1) is 12.8. The van der Waals surface area contributed by atoms with Crippen molar-refractivity contribution >= 4 is 30.7 Å². The van der Waals surface area contributed by atoms with Gasteiger partial charge < -0.3 is 20.1 Å². The molecule has 1 amide bonds. The van der Waals surface area contributed by atoms with E-state index in [4.69, 9.17) is 9.47 Å². The van der Waals surface area contributed by atoms with E-state index in [-0.39, 0.29) is 36.6 Å². The molecule has 0 aliphatic carbocycles. The standard InChI is InChI=1S/C20H25N3O3.2ClH/c1-2-12-25-17-7-3-4-8-18(17)26-20-16(6-5-10-22-20)14-23-19(24)15-9-11-21-13-15;;/h3-8,10,15,21H,2,9,11-14H2,1H3,(H,23,24);2*1H. The molecule has 1 unspecified atom stereocenters. The van der Waals surface area contributed by atoms with E-state index in [1.165, 1.54) is 0 Å². The largest absolute Gasteiger partial charge is 0.490 e. The highest BCUT2D eigenvalue weighted by Gasteiger charge is 2.22. The first-order valence-electron chi connectivity index (χ1n) is 9.10. The summed E-state index contributed by atoms with van der Waals surface area (Å²) in [7, 11) is 0. The van der Waals surface area contributed by atoms with Gasteiger partial charge in [0.15, 0.2) is 11.5 Å². The summed E-state index contributed by atoms with van der Waals surface area (Å²) in [5.74, 6) is 1.89. The molecule has 2 aromatic rings. The van der Waals surface area contributed by atoms with Crippen LogP contribution in [0.4, 0.5) is 0 Å². The molecule has 1 aromatic carbocycles. The number of aromatic nitrogens is 1. The summed E-state index contributed by atoms with van der Waals surface area (Å²) >= 11 is 0. The number of para-hydroxylation sites is 2. The molecule has 28 heavy (non-hydrogen) atoms. The number of benzene rings is 1. The molecule has 2 N–H and O–H groups in total. The third kappa shape index (κ3) is 6.55. The fourth-order valence-electron chi connectivity index (χ4n) is 2.83. The van der Waals surface area contributed by atoms with Crippen molar-refractivity contribution in [1.29, 1.82) is 0 Å². The van der Waals surface area contributed by atoms with E-state index in [1.54, 1.807) is 6.20 Å². The lowest BCUT2D eigenvalue weighted by molar-refractivity contribution is -0.124. The molecule has 1 aromatic heterocycles. The second-order valence-electron chi connectivity index (χ2n) is 6.27. The highest BCUT2D eigenvalue weighted by Crippen LogP contribution is 2.31. The SMILES string of the molecule is CCCOc1ccccc1Oc1ncccc1CNC(=O)C1CCNC1.Cl.Cl. The average Bonchev–Trinajstić information content (AvgIpc) is 3.21. The van der Waals surface area contributed by atoms with Gasteiger partial charge in [-0.2, -0.15) is 0 Å². The van der Waals surface area contributed by atoms with Crippen molar-refractivity contribution in [2.75, 3.05) is 19.7 Å². The zero-order valence-electron chi connectivity index (χ0n) is 15.8. The number of nitrogens with zero attached hydrogens (tertiary/aromatic N) is 1. The first-order valence-corrected chi connectivity index (χ1v) is 9.10. The molecule has 1 aliphatic rings. The minimum Gasteiger partial charge on any atom is -0.490 e. The van der Waals surface area contributed by atoms with Crippen molar-refractivity contribution in [2.24, 2.45) is 5.92 Å². The molecule has 0 saturated carbocycles. The van der Waals surface area contributed by atoms with Crippen LogP contribution in [0.2, 0.25) is 0 Å². The minimum atomic E-state index is 0. The summed E-state index contributed by atoms with van der Waals surface area (Å²) in [5, 5.41) is 6.19. The van der Waals surface area contributed by atoms with E-state index in [0.29, 0.717) is 30.5 Å². The Balaban J connectivity index is 0.00000196. The van der Waals surface area contributed by atoms with Crippen molar-refractivity contribution < 1.29 is 14.3 Å². The molecule has 0 spiro atoms. The Morgan fingerprint density at radius 2 is 2.00 bits per heavy atom. The van der Waals surface area contributed by atoms with Gasteiger partial charge in [0.25, 0.3) is 0 Å². The van der Waals surface area contributed by atoms with Gasteiger partial charge in [-0.25, -0.2) is 4.98 Å². The molecule has 0 bridgehead atoms. The lowest BCUT2D eigenvalue weighted by Crippen LogP contribution is -2.31. The van der Waals surface area contributed by atoms with E-state index in [9.17, 15) is 4.79 Å². The van der Waals surface area contributed by atoms with Gasteiger partial charge >= 0.3 is 0 Å². The molecule has 154 valence electrons. The monoisotopic (exact) mass is 427 g/mol. The summed E-state index contributed by atoms with van der Waals surface area (Å²) < 4.78 is 11.7. The number of pyridine rings is 1. The van der Waals surface area contributed by atoms with Crippen LogP contribution in [0, 0.1) is 5.92 Å². The van der Waals surface area contributed by atoms with Crippen molar-refractivity contribution in [3.05, 3.63) is 48.2 Å². The van der Waals surface area contributed by atoms with Crippen LogP contribution in [0.15, 0.2) is 42.6 Å². The highest BCUT2D eigenvalue weighted by molar-refractivity contribution is 5.85. The van der Waals surface area contributed by atoms with Crippen molar-refractivity contribution in [3.63, 3.8) is 0 Å². The molecule has 3 rings (SSSR count). The number of rotatable bonds is 8. The zero-order chi connectivity index (χ0) is 18.2. The Bertz CT molecular complexity index is 740. The van der Waals surface area contributed by atoms with Gasteiger partial charge in [0.1, 0.15) is 0 Å². The topological polar surface area (TPSA) is 72.5 Å². The number of carbonyl (C=O) groups is 1. The summed E-state index contributed by atoms with van der Waals surface area (Å²) in [4.78, 5) is 16.6. The molecule has 6 nitrogen and oxygen atoms in total. The number of amides is 1. The van der Waals surface area contributed by atoms with Crippen molar-refractivity contribution in [1.82, 2.24) is 15.6 Å². The number of hydrogen-bond acceptors (Lipinski definition) is 5. The van der Waals surface area contributed by atoms with Gasteiger partial charge in [0.2, 0.25) is 11.8 Å². The predicted molar refractivity (Wildman–Crippen MR) is 114 cm³/mol. The number of hydrogen-bond donors (Lipinski definition) is 2. The molecular weight excluding hydrogens is 401 g/mol. The fraction of sp³-hybridized carbons (Fsp3) is 0.400. The smallest absolute Gasteiger partial charge is 0.224 e.